The van der Waals surface area contributed by atoms with E-state index in [-0.39, 0.29) is 11.9 Å². The predicted molar refractivity (Wildman–Crippen MR) is 120 cm³/mol. The molecule has 5 heteroatoms. The van der Waals surface area contributed by atoms with Crippen LogP contribution in [0.5, 0.6) is 0 Å². The number of fused-ring (bicyclic) bond motifs is 1. The van der Waals surface area contributed by atoms with Crippen molar-refractivity contribution in [2.75, 3.05) is 5.32 Å². The normalized spacial score (nSPS) is 40.2. The van der Waals surface area contributed by atoms with Crippen molar-refractivity contribution in [3.8, 4) is 0 Å². The number of carbonyl (C=O) groups is 1. The number of hydrogen-bond acceptors (Lipinski definition) is 5. The van der Waals surface area contributed by atoms with Crippen molar-refractivity contribution in [2.24, 2.45) is 23.7 Å². The van der Waals surface area contributed by atoms with Crippen LogP contribution in [0.4, 0.5) is 5.69 Å². The number of carbonyl (C=O) groups excluding carboxylic acids is 1. The zero-order valence-electron chi connectivity index (χ0n) is 18.2. The zero-order chi connectivity index (χ0) is 21.2. The largest absolute Gasteiger partial charge is 0.393 e. The highest BCUT2D eigenvalue weighted by molar-refractivity contribution is 6.03. The van der Waals surface area contributed by atoms with E-state index < -0.39 is 5.60 Å². The van der Waals surface area contributed by atoms with Crippen LogP contribution in [0.3, 0.4) is 0 Å². The van der Waals surface area contributed by atoms with Gasteiger partial charge in [-0.15, -0.1) is 0 Å². The van der Waals surface area contributed by atoms with Gasteiger partial charge in [0.2, 0.25) is 0 Å². The van der Waals surface area contributed by atoms with Gasteiger partial charge in [-0.3, -0.25) is 9.78 Å². The summed E-state index contributed by atoms with van der Waals surface area (Å²) in [6.45, 7) is 0. The molecule has 7 rings (SSSR count). The minimum atomic E-state index is -0.445. The molecule has 3 N–H and O–H groups in total. The number of aliphatic hydroxyl groups is 2. The van der Waals surface area contributed by atoms with E-state index in [9.17, 15) is 15.0 Å². The fourth-order valence-corrected chi connectivity index (χ4v) is 7.67. The minimum absolute atomic E-state index is 0.182. The zero-order valence-corrected chi connectivity index (χ0v) is 18.2. The van der Waals surface area contributed by atoms with Crippen LogP contribution in [0.1, 0.15) is 85.8 Å². The molecule has 6 aliphatic carbocycles. The number of Topliss-reactive ketones (excluding diaryl/α,β-unsaturated/α-hetero) is 1. The number of pyridine rings is 1. The van der Waals surface area contributed by atoms with E-state index in [0.29, 0.717) is 36.1 Å². The van der Waals surface area contributed by atoms with Crippen LogP contribution >= 0.6 is 0 Å². The highest BCUT2D eigenvalue weighted by Crippen LogP contribution is 2.56. The topological polar surface area (TPSA) is 82.5 Å². The second-order valence-electron chi connectivity index (χ2n) is 11.2. The molecule has 0 saturated heterocycles. The Morgan fingerprint density at radius 2 is 1.87 bits per heavy atom. The Hall–Kier alpha value is -1.72. The molecular weight excluding hydrogens is 388 g/mol. The Morgan fingerprint density at radius 3 is 2.58 bits per heavy atom. The molecule has 1 aromatic heterocycles. The maximum atomic E-state index is 13.4. The monoisotopic (exact) mass is 422 g/mol. The first-order chi connectivity index (χ1) is 15.0. The number of aromatic nitrogens is 1. The second-order valence-corrected chi connectivity index (χ2v) is 11.2. The Labute approximate surface area is 184 Å². The van der Waals surface area contributed by atoms with Gasteiger partial charge in [-0.05, 0) is 81.5 Å². The van der Waals surface area contributed by atoms with E-state index in [1.165, 1.54) is 12.8 Å². The van der Waals surface area contributed by atoms with Crippen molar-refractivity contribution in [3.05, 3.63) is 29.1 Å². The molecule has 4 bridgehead atoms. The van der Waals surface area contributed by atoms with E-state index in [1.54, 1.807) is 6.20 Å². The molecule has 31 heavy (non-hydrogen) atoms. The highest BCUT2D eigenvalue weighted by Gasteiger charge is 2.54. The van der Waals surface area contributed by atoms with Crippen LogP contribution < -0.4 is 5.32 Å². The van der Waals surface area contributed by atoms with Crippen LogP contribution in [-0.2, 0) is 6.42 Å². The second kappa shape index (κ2) is 7.41. The average molecular weight is 423 g/mol. The summed E-state index contributed by atoms with van der Waals surface area (Å²) in [4.78, 5) is 18.0. The van der Waals surface area contributed by atoms with Gasteiger partial charge in [0.05, 0.1) is 28.6 Å². The Morgan fingerprint density at radius 1 is 1.13 bits per heavy atom. The van der Waals surface area contributed by atoms with Crippen LogP contribution in [0.2, 0.25) is 0 Å². The lowest BCUT2D eigenvalue weighted by molar-refractivity contribution is -0.129. The highest BCUT2D eigenvalue weighted by atomic mass is 16.3. The van der Waals surface area contributed by atoms with Gasteiger partial charge < -0.3 is 15.5 Å². The molecule has 0 radical (unpaired) electrons. The number of nitrogens with one attached hydrogen (secondary N) is 1. The van der Waals surface area contributed by atoms with Gasteiger partial charge in [0.25, 0.3) is 0 Å². The molecule has 5 fully saturated rings. The van der Waals surface area contributed by atoms with Gasteiger partial charge in [0, 0.05) is 30.6 Å². The summed E-state index contributed by atoms with van der Waals surface area (Å²) in [6.07, 6.45) is 15.9. The molecule has 0 spiro atoms. The Bertz CT molecular complexity index is 901. The maximum Gasteiger partial charge on any atom is 0.166 e. The van der Waals surface area contributed by atoms with E-state index in [4.69, 9.17) is 0 Å². The molecule has 0 amide bonds. The molecule has 1 heterocycles. The summed E-state index contributed by atoms with van der Waals surface area (Å²) in [5, 5.41) is 24.6. The van der Waals surface area contributed by atoms with Crippen molar-refractivity contribution < 1.29 is 15.0 Å². The van der Waals surface area contributed by atoms with E-state index in [0.717, 1.165) is 73.9 Å². The molecule has 0 aliphatic heterocycles. The van der Waals surface area contributed by atoms with E-state index in [1.807, 2.05) is 0 Å². The minimum Gasteiger partial charge on any atom is -0.393 e. The summed E-state index contributed by atoms with van der Waals surface area (Å²) in [5.41, 5.74) is 3.44. The van der Waals surface area contributed by atoms with Gasteiger partial charge in [0.1, 0.15) is 0 Å². The molecule has 6 aliphatic rings. The number of anilines is 1. The first kappa shape index (κ1) is 19.9. The van der Waals surface area contributed by atoms with E-state index >= 15 is 0 Å². The molecule has 5 nitrogen and oxygen atoms in total. The molecule has 166 valence electrons. The number of rotatable bonds is 5. The van der Waals surface area contributed by atoms with Gasteiger partial charge in [-0.25, -0.2) is 0 Å². The molecule has 0 aromatic carbocycles. The van der Waals surface area contributed by atoms with Crippen LogP contribution in [0, 0.1) is 23.7 Å². The third kappa shape index (κ3) is 3.54. The van der Waals surface area contributed by atoms with Crippen molar-refractivity contribution in [2.45, 2.75) is 88.4 Å². The lowest BCUT2D eigenvalue weighted by atomic mass is 9.52. The number of nitrogens with zero attached hydrogens (tertiary/aromatic N) is 1. The first-order valence-electron chi connectivity index (χ1n) is 12.4. The quantitative estimate of drug-likeness (QED) is 0.622. The summed E-state index contributed by atoms with van der Waals surface area (Å²) >= 11 is 0. The van der Waals surface area contributed by atoms with Crippen LogP contribution in [0.15, 0.2) is 12.3 Å². The number of ketones is 1. The number of hydrogen-bond donors (Lipinski definition) is 3. The summed E-state index contributed by atoms with van der Waals surface area (Å²) in [6, 6.07) is 0.341. The fourth-order valence-electron chi connectivity index (χ4n) is 7.67. The molecule has 5 saturated carbocycles. The summed E-state index contributed by atoms with van der Waals surface area (Å²) in [5.74, 6) is 2.21. The lowest BCUT2D eigenvalue weighted by Crippen LogP contribution is -2.59. The standard InChI is InChI=1S/C26H34N2O3/c29-19-6-4-15(5-7-19)10-23(30)21-14-27-22-3-1-2-20(22)25(21)28-24-17-8-16-9-18(24)13-26(31,11-16)12-17/h1-2,14-19,24,29,31H,3-13H2,(H,27,28). The Balaban J connectivity index is 1.27. The van der Waals surface area contributed by atoms with Gasteiger partial charge in [-0.1, -0.05) is 12.2 Å². The van der Waals surface area contributed by atoms with E-state index in [2.05, 4.69) is 22.5 Å². The van der Waals surface area contributed by atoms with Crippen molar-refractivity contribution in [1.29, 1.82) is 0 Å². The summed E-state index contributed by atoms with van der Waals surface area (Å²) in [7, 11) is 0. The third-order valence-corrected chi connectivity index (χ3v) is 8.94. The van der Waals surface area contributed by atoms with Crippen molar-refractivity contribution >= 4 is 17.5 Å². The van der Waals surface area contributed by atoms with Gasteiger partial charge >= 0.3 is 0 Å². The van der Waals surface area contributed by atoms with Crippen LogP contribution in [0.25, 0.3) is 6.08 Å². The average Bonchev–Trinajstić information content (AvgIpc) is 3.20. The fraction of sp³-hybridized carbons (Fsp3) is 0.692. The van der Waals surface area contributed by atoms with Gasteiger partial charge in [0.15, 0.2) is 5.78 Å². The van der Waals surface area contributed by atoms with Gasteiger partial charge in [-0.2, -0.15) is 0 Å². The summed E-state index contributed by atoms with van der Waals surface area (Å²) < 4.78 is 0. The lowest BCUT2D eigenvalue weighted by Gasteiger charge is -2.58. The number of aliphatic hydroxyl groups excluding tert-OH is 1. The van der Waals surface area contributed by atoms with Crippen LogP contribution in [-0.4, -0.2) is 38.7 Å². The SMILES string of the molecule is O=C(CC1CCC(O)CC1)c1cnc2c(c1NC1C3CC4CC1CC(O)(C4)C3)C=CC2. The molecule has 1 aromatic rings. The third-order valence-electron chi connectivity index (χ3n) is 8.94. The van der Waals surface area contributed by atoms with Crippen molar-refractivity contribution in [3.63, 3.8) is 0 Å². The maximum absolute atomic E-state index is 13.4. The molecule has 2 unspecified atom stereocenters. The first-order valence-corrected chi connectivity index (χ1v) is 12.4. The Kier molecular flexibility index (Phi) is 4.77. The molecular formula is C26H34N2O3. The van der Waals surface area contributed by atoms with Crippen molar-refractivity contribution in [1.82, 2.24) is 4.98 Å². The number of allylic oxidation sites excluding steroid dienone is 1. The predicted octanol–water partition coefficient (Wildman–Crippen LogP) is 4.13. The molecule has 2 atom stereocenters. The smallest absolute Gasteiger partial charge is 0.166 e.